The Balaban J connectivity index is 1.56. The van der Waals surface area contributed by atoms with Gasteiger partial charge < -0.3 is 19.3 Å². The lowest BCUT2D eigenvalue weighted by Crippen LogP contribution is -2.31. The zero-order chi connectivity index (χ0) is 24.4. The monoisotopic (exact) mass is 466 g/mol. The van der Waals surface area contributed by atoms with Crippen LogP contribution in [-0.4, -0.2) is 27.5 Å². The van der Waals surface area contributed by atoms with E-state index in [4.69, 9.17) is 4.74 Å². The Kier molecular flexibility index (Phi) is 6.10. The van der Waals surface area contributed by atoms with Gasteiger partial charge in [-0.2, -0.15) is 0 Å². The summed E-state index contributed by atoms with van der Waals surface area (Å²) in [5.74, 6) is -0.315. The summed E-state index contributed by atoms with van der Waals surface area (Å²) in [5.41, 5.74) is 3.50. The zero-order valence-corrected chi connectivity index (χ0v) is 19.4. The van der Waals surface area contributed by atoms with Crippen LogP contribution in [0.3, 0.4) is 0 Å². The number of hydrogen-bond donors (Lipinski definition) is 1. The molecule has 5 rings (SSSR count). The van der Waals surface area contributed by atoms with Crippen LogP contribution in [0.1, 0.15) is 38.7 Å². The van der Waals surface area contributed by atoms with E-state index >= 15 is 0 Å². The molecule has 0 saturated heterocycles. The topological polar surface area (TPSA) is 71.8 Å². The van der Waals surface area contributed by atoms with Gasteiger partial charge in [-0.15, -0.1) is 0 Å². The fourth-order valence-electron chi connectivity index (χ4n) is 4.67. The van der Waals surface area contributed by atoms with Crippen molar-refractivity contribution in [2.24, 2.45) is 0 Å². The molecule has 1 amide bonds. The summed E-state index contributed by atoms with van der Waals surface area (Å²) < 4.78 is 7.77. The van der Waals surface area contributed by atoms with E-state index in [1.165, 1.54) is 11.0 Å². The highest BCUT2D eigenvalue weighted by molar-refractivity contribution is 5.95. The molecule has 1 N–H and O–H groups in total. The van der Waals surface area contributed by atoms with Crippen molar-refractivity contribution in [2.45, 2.75) is 25.6 Å². The molecule has 6 nitrogen and oxygen atoms in total. The van der Waals surface area contributed by atoms with Crippen molar-refractivity contribution in [1.29, 1.82) is 0 Å². The quantitative estimate of drug-likeness (QED) is 0.468. The number of aromatic nitrogens is 1. The number of ether oxygens (including phenoxy) is 1. The lowest BCUT2D eigenvalue weighted by atomic mass is 9.88. The van der Waals surface area contributed by atoms with Gasteiger partial charge in [-0.1, -0.05) is 72.8 Å². The molecular formula is C29H26N2O4. The number of carbonyl (C=O) groups excluding carboxylic acids is 1. The highest BCUT2D eigenvalue weighted by Gasteiger charge is 2.28. The first-order chi connectivity index (χ1) is 17.0. The van der Waals surface area contributed by atoms with Crippen molar-refractivity contribution in [3.8, 4) is 11.5 Å². The first-order valence-corrected chi connectivity index (χ1v) is 11.5. The van der Waals surface area contributed by atoms with Crippen LogP contribution >= 0.6 is 0 Å². The van der Waals surface area contributed by atoms with Gasteiger partial charge in [0.05, 0.1) is 0 Å². The molecule has 35 heavy (non-hydrogen) atoms. The number of nitrogens with zero attached hydrogens (tertiary/aromatic N) is 2. The number of para-hydroxylation sites is 1. The maximum Gasteiger partial charge on any atom is 0.274 e. The number of pyridine rings is 1. The van der Waals surface area contributed by atoms with E-state index in [9.17, 15) is 14.7 Å². The minimum Gasteiger partial charge on any atom is -0.503 e. The zero-order valence-electron chi connectivity index (χ0n) is 19.4. The van der Waals surface area contributed by atoms with E-state index in [1.54, 1.807) is 17.8 Å². The van der Waals surface area contributed by atoms with Crippen molar-refractivity contribution < 1.29 is 14.6 Å². The average Bonchev–Trinajstić information content (AvgIpc) is 3.04. The first kappa shape index (κ1) is 22.5. The normalized spacial score (nSPS) is 14.3. The molecule has 0 spiro atoms. The van der Waals surface area contributed by atoms with Crippen LogP contribution < -0.4 is 10.2 Å². The van der Waals surface area contributed by atoms with E-state index in [0.29, 0.717) is 19.7 Å². The van der Waals surface area contributed by atoms with Crippen LogP contribution in [0.4, 0.5) is 0 Å². The van der Waals surface area contributed by atoms with Gasteiger partial charge in [-0.05, 0) is 22.8 Å². The minimum atomic E-state index is -0.581. The fraction of sp³-hybridized carbons (Fsp3) is 0.172. The second-order valence-corrected chi connectivity index (χ2v) is 8.75. The van der Waals surface area contributed by atoms with E-state index in [1.807, 2.05) is 72.8 Å². The van der Waals surface area contributed by atoms with Crippen molar-refractivity contribution in [1.82, 2.24) is 9.47 Å². The maximum absolute atomic E-state index is 13.5. The highest BCUT2D eigenvalue weighted by Crippen LogP contribution is 2.38. The van der Waals surface area contributed by atoms with Crippen molar-refractivity contribution in [3.63, 3.8) is 0 Å². The number of carbonyl (C=O) groups is 1. The Labute approximate surface area is 203 Å². The second kappa shape index (κ2) is 9.50. The van der Waals surface area contributed by atoms with Crippen molar-refractivity contribution >= 4 is 5.91 Å². The van der Waals surface area contributed by atoms with Gasteiger partial charge in [0.1, 0.15) is 12.4 Å². The summed E-state index contributed by atoms with van der Waals surface area (Å²) in [7, 11) is 1.67. The lowest BCUT2D eigenvalue weighted by Gasteiger charge is -2.25. The number of rotatable bonds is 5. The molecule has 2 heterocycles. The summed E-state index contributed by atoms with van der Waals surface area (Å²) in [6.07, 6.45) is 1.59. The molecule has 6 heteroatoms. The molecule has 1 aliphatic heterocycles. The molecule has 0 bridgehead atoms. The number of fused-ring (bicyclic) bond motifs is 2. The molecule has 3 aromatic carbocycles. The fourth-order valence-corrected chi connectivity index (χ4v) is 4.67. The number of amides is 1. The van der Waals surface area contributed by atoms with Crippen molar-refractivity contribution in [2.75, 3.05) is 7.05 Å². The third kappa shape index (κ3) is 4.43. The van der Waals surface area contributed by atoms with Crippen LogP contribution in [-0.2, 0) is 19.7 Å². The van der Waals surface area contributed by atoms with Crippen molar-refractivity contribution in [3.05, 3.63) is 129 Å². The van der Waals surface area contributed by atoms with Crippen LogP contribution in [0.25, 0.3) is 0 Å². The Morgan fingerprint density at radius 1 is 0.971 bits per heavy atom. The largest absolute Gasteiger partial charge is 0.503 e. The Morgan fingerprint density at radius 3 is 2.46 bits per heavy atom. The van der Waals surface area contributed by atoms with Gasteiger partial charge in [0, 0.05) is 43.9 Å². The maximum atomic E-state index is 13.5. The minimum absolute atomic E-state index is 0.0175. The summed E-state index contributed by atoms with van der Waals surface area (Å²) in [4.78, 5) is 27.4. The highest BCUT2D eigenvalue weighted by atomic mass is 16.5. The first-order valence-electron chi connectivity index (χ1n) is 11.5. The molecule has 1 aliphatic rings. The Hall–Kier alpha value is -4.32. The molecular weight excluding hydrogens is 440 g/mol. The molecule has 176 valence electrons. The van der Waals surface area contributed by atoms with Gasteiger partial charge in [0.15, 0.2) is 11.4 Å². The van der Waals surface area contributed by atoms with Crippen LogP contribution in [0, 0.1) is 0 Å². The predicted molar refractivity (Wildman–Crippen MR) is 134 cm³/mol. The van der Waals surface area contributed by atoms with Crippen LogP contribution in [0.5, 0.6) is 11.5 Å². The second-order valence-electron chi connectivity index (χ2n) is 8.75. The number of aromatic hydroxyl groups is 1. The molecule has 4 aromatic rings. The SMILES string of the molecule is CN(Cc1ccccc1)C(=O)c1c(O)c(=O)ccn1CC1c2ccccc2COc2ccccc21. The standard InChI is InChI=1S/C29H26N2O4/c1-30(17-20-9-3-2-4-10-20)29(34)27-28(33)25(32)15-16-31(27)18-24-22-12-6-5-11-21(22)19-35-26-14-8-7-13-23(24)26/h2-16,24,33H,17-19H2,1H3. The lowest BCUT2D eigenvalue weighted by molar-refractivity contribution is 0.0769. The smallest absolute Gasteiger partial charge is 0.274 e. The Morgan fingerprint density at radius 2 is 1.66 bits per heavy atom. The average molecular weight is 467 g/mol. The molecule has 0 fully saturated rings. The molecule has 1 unspecified atom stereocenters. The summed E-state index contributed by atoms with van der Waals surface area (Å²) in [6.45, 7) is 1.15. The number of hydrogen-bond acceptors (Lipinski definition) is 4. The van der Waals surface area contributed by atoms with Crippen LogP contribution in [0.2, 0.25) is 0 Å². The molecule has 1 atom stereocenters. The molecule has 0 aliphatic carbocycles. The van der Waals surface area contributed by atoms with Gasteiger partial charge in [-0.3, -0.25) is 9.59 Å². The van der Waals surface area contributed by atoms with Gasteiger partial charge in [-0.25, -0.2) is 0 Å². The van der Waals surface area contributed by atoms with E-state index in [0.717, 1.165) is 28.0 Å². The van der Waals surface area contributed by atoms with E-state index < -0.39 is 17.1 Å². The van der Waals surface area contributed by atoms with E-state index in [-0.39, 0.29) is 11.6 Å². The third-order valence-corrected chi connectivity index (χ3v) is 6.45. The van der Waals surface area contributed by atoms with Gasteiger partial charge in [0.2, 0.25) is 5.43 Å². The Bertz CT molecular complexity index is 1380. The van der Waals surface area contributed by atoms with E-state index in [2.05, 4.69) is 6.07 Å². The summed E-state index contributed by atoms with van der Waals surface area (Å²) in [6, 6.07) is 26.8. The van der Waals surface area contributed by atoms with Crippen LogP contribution in [0.15, 0.2) is 95.9 Å². The number of benzene rings is 3. The third-order valence-electron chi connectivity index (χ3n) is 6.45. The predicted octanol–water partition coefficient (Wildman–Crippen LogP) is 4.55. The summed E-state index contributed by atoms with van der Waals surface area (Å²) >= 11 is 0. The van der Waals surface area contributed by atoms with Gasteiger partial charge >= 0.3 is 0 Å². The molecule has 1 aromatic heterocycles. The molecule has 0 saturated carbocycles. The van der Waals surface area contributed by atoms with Gasteiger partial charge in [0.25, 0.3) is 5.91 Å². The summed E-state index contributed by atoms with van der Waals surface area (Å²) in [5, 5.41) is 10.7. The molecule has 0 radical (unpaired) electrons.